The summed E-state index contributed by atoms with van der Waals surface area (Å²) >= 11 is 7.85. The zero-order chi connectivity index (χ0) is 13.4. The van der Waals surface area contributed by atoms with E-state index < -0.39 is 39.4 Å². The Morgan fingerprint density at radius 2 is 1.41 bits per heavy atom. The molecule has 0 nitrogen and oxygen atoms in total. The van der Waals surface area contributed by atoms with Crippen LogP contribution in [0.1, 0.15) is 16.7 Å². The summed E-state index contributed by atoms with van der Waals surface area (Å²) in [6.45, 7) is 0. The SMILES string of the molecule is FC(F)(F)c1cc(C(F)(F)F)c(CCl)cc1Br. The first-order valence-corrected chi connectivity index (χ1v) is 5.43. The first kappa shape index (κ1) is 14.6. The Kier molecular flexibility index (Phi) is 4.03. The van der Waals surface area contributed by atoms with Gasteiger partial charge in [-0.05, 0) is 17.7 Å². The van der Waals surface area contributed by atoms with Crippen molar-refractivity contribution in [3.05, 3.63) is 33.3 Å². The van der Waals surface area contributed by atoms with Gasteiger partial charge in [0.2, 0.25) is 0 Å². The molecule has 0 bridgehead atoms. The molecule has 0 aliphatic rings. The number of benzene rings is 1. The van der Waals surface area contributed by atoms with Gasteiger partial charge in [0.05, 0.1) is 11.1 Å². The highest BCUT2D eigenvalue weighted by molar-refractivity contribution is 9.10. The number of hydrogen-bond donors (Lipinski definition) is 0. The van der Waals surface area contributed by atoms with Gasteiger partial charge in [-0.3, -0.25) is 0 Å². The van der Waals surface area contributed by atoms with Gasteiger partial charge in [-0.1, -0.05) is 15.9 Å². The summed E-state index contributed by atoms with van der Waals surface area (Å²) in [7, 11) is 0. The number of alkyl halides is 7. The van der Waals surface area contributed by atoms with Gasteiger partial charge in [0, 0.05) is 10.4 Å². The Bertz CT molecular complexity index is 423. The average Bonchev–Trinajstić information content (AvgIpc) is 2.13. The largest absolute Gasteiger partial charge is 0.417 e. The molecule has 0 amide bonds. The molecule has 1 aromatic rings. The van der Waals surface area contributed by atoms with E-state index in [2.05, 4.69) is 15.9 Å². The molecule has 0 aliphatic heterocycles. The summed E-state index contributed by atoms with van der Waals surface area (Å²) in [6, 6.07) is 0.792. The molecule has 0 aliphatic carbocycles. The molecule has 0 fully saturated rings. The van der Waals surface area contributed by atoms with Crippen LogP contribution < -0.4 is 0 Å². The molecule has 1 aromatic carbocycles. The molecule has 0 radical (unpaired) electrons. The quantitative estimate of drug-likeness (QED) is 0.485. The van der Waals surface area contributed by atoms with E-state index in [4.69, 9.17) is 11.6 Å². The highest BCUT2D eigenvalue weighted by atomic mass is 79.9. The molecule has 0 aromatic heterocycles. The summed E-state index contributed by atoms with van der Waals surface area (Å²) in [5.41, 5.74) is -3.15. The molecule has 0 saturated heterocycles. The third-order valence-electron chi connectivity index (χ3n) is 1.95. The van der Waals surface area contributed by atoms with Crippen LogP contribution in [-0.4, -0.2) is 0 Å². The van der Waals surface area contributed by atoms with Crippen molar-refractivity contribution in [2.45, 2.75) is 18.2 Å². The first-order chi connectivity index (χ1) is 7.57. The van der Waals surface area contributed by atoms with Crippen LogP contribution in [-0.2, 0) is 18.2 Å². The second-order valence-corrected chi connectivity index (χ2v) is 4.24. The lowest BCUT2D eigenvalue weighted by Crippen LogP contribution is -2.13. The number of halogens is 8. The predicted octanol–water partition coefficient (Wildman–Crippen LogP) is 5.23. The number of hydrogen-bond acceptors (Lipinski definition) is 0. The Balaban J connectivity index is 3.49. The minimum Gasteiger partial charge on any atom is -0.166 e. The van der Waals surface area contributed by atoms with Crippen LogP contribution in [0.2, 0.25) is 0 Å². The molecule has 0 spiro atoms. The summed E-state index contributed by atoms with van der Waals surface area (Å²) in [5.74, 6) is -0.522. The van der Waals surface area contributed by atoms with Crippen LogP contribution in [0.4, 0.5) is 26.3 Å². The molecule has 0 saturated carbocycles. The van der Waals surface area contributed by atoms with E-state index in [9.17, 15) is 26.3 Å². The maximum absolute atomic E-state index is 12.5. The van der Waals surface area contributed by atoms with Gasteiger partial charge >= 0.3 is 12.4 Å². The van der Waals surface area contributed by atoms with Crippen LogP contribution in [0.25, 0.3) is 0 Å². The first-order valence-electron chi connectivity index (χ1n) is 4.10. The topological polar surface area (TPSA) is 0 Å². The minimum atomic E-state index is -4.87. The Morgan fingerprint density at radius 3 is 1.76 bits per heavy atom. The lowest BCUT2D eigenvalue weighted by Gasteiger charge is -2.16. The standard InChI is InChI=1S/C9H4BrClF6/c10-7-1-4(3-11)5(8(12,13)14)2-6(7)9(15,16)17/h1-2H,3H2. The molecule has 0 atom stereocenters. The van der Waals surface area contributed by atoms with Crippen molar-refractivity contribution in [2.24, 2.45) is 0 Å². The molecular weight excluding hydrogens is 337 g/mol. The zero-order valence-electron chi connectivity index (χ0n) is 7.89. The van der Waals surface area contributed by atoms with Crippen LogP contribution in [0, 0.1) is 0 Å². The van der Waals surface area contributed by atoms with Crippen LogP contribution in [0.15, 0.2) is 16.6 Å². The van der Waals surface area contributed by atoms with E-state index in [0.29, 0.717) is 0 Å². The number of rotatable bonds is 1. The summed E-state index contributed by atoms with van der Waals surface area (Å²) in [6.07, 6.45) is -9.73. The fourth-order valence-electron chi connectivity index (χ4n) is 1.21. The van der Waals surface area contributed by atoms with Crippen molar-refractivity contribution in [2.75, 3.05) is 0 Å². The van der Waals surface area contributed by atoms with E-state index in [1.54, 1.807) is 0 Å². The van der Waals surface area contributed by atoms with Gasteiger partial charge in [-0.15, -0.1) is 11.6 Å². The van der Waals surface area contributed by atoms with Gasteiger partial charge in [0.15, 0.2) is 0 Å². The maximum atomic E-state index is 12.5. The van der Waals surface area contributed by atoms with E-state index in [-0.39, 0.29) is 6.07 Å². The van der Waals surface area contributed by atoms with E-state index in [0.717, 1.165) is 6.07 Å². The van der Waals surface area contributed by atoms with Crippen molar-refractivity contribution in [3.63, 3.8) is 0 Å². The van der Waals surface area contributed by atoms with E-state index in [1.165, 1.54) is 0 Å². The molecule has 0 N–H and O–H groups in total. The second kappa shape index (κ2) is 4.68. The van der Waals surface area contributed by atoms with Crippen LogP contribution >= 0.6 is 27.5 Å². The van der Waals surface area contributed by atoms with Gasteiger partial charge in [-0.25, -0.2) is 0 Å². The van der Waals surface area contributed by atoms with E-state index >= 15 is 0 Å². The van der Waals surface area contributed by atoms with Crippen molar-refractivity contribution in [1.82, 2.24) is 0 Å². The summed E-state index contributed by atoms with van der Waals surface area (Å²) in [4.78, 5) is 0. The Labute approximate surface area is 106 Å². The van der Waals surface area contributed by atoms with Crippen molar-refractivity contribution in [1.29, 1.82) is 0 Å². The van der Waals surface area contributed by atoms with Crippen molar-refractivity contribution >= 4 is 27.5 Å². The highest BCUT2D eigenvalue weighted by Crippen LogP contribution is 2.41. The summed E-state index contributed by atoms with van der Waals surface area (Å²) < 4.78 is 74.3. The minimum absolute atomic E-state index is 0.0573. The average molecular weight is 341 g/mol. The lowest BCUT2D eigenvalue weighted by atomic mass is 10.0. The smallest absolute Gasteiger partial charge is 0.166 e. The normalized spacial score (nSPS) is 12.9. The zero-order valence-corrected chi connectivity index (χ0v) is 10.2. The Morgan fingerprint density at radius 1 is 0.941 bits per heavy atom. The molecule has 8 heteroatoms. The summed E-state index contributed by atoms with van der Waals surface area (Å²) in [5, 5.41) is 0. The fourth-order valence-corrected chi connectivity index (χ4v) is 2.04. The third-order valence-corrected chi connectivity index (χ3v) is 2.89. The second-order valence-electron chi connectivity index (χ2n) is 3.12. The van der Waals surface area contributed by atoms with Gasteiger partial charge < -0.3 is 0 Å². The maximum Gasteiger partial charge on any atom is 0.417 e. The lowest BCUT2D eigenvalue weighted by molar-refractivity contribution is -0.143. The van der Waals surface area contributed by atoms with Crippen LogP contribution in [0.3, 0.4) is 0 Å². The van der Waals surface area contributed by atoms with E-state index in [1.807, 2.05) is 0 Å². The molecule has 1 rings (SSSR count). The molecule has 0 unspecified atom stereocenters. The predicted molar refractivity (Wildman–Crippen MR) is 53.7 cm³/mol. The molecule has 96 valence electrons. The van der Waals surface area contributed by atoms with Crippen molar-refractivity contribution < 1.29 is 26.3 Å². The monoisotopic (exact) mass is 340 g/mol. The Hall–Kier alpha value is -0.430. The van der Waals surface area contributed by atoms with Gasteiger partial charge in [0.25, 0.3) is 0 Å². The van der Waals surface area contributed by atoms with Gasteiger partial charge in [0.1, 0.15) is 0 Å². The van der Waals surface area contributed by atoms with Crippen LogP contribution in [0.5, 0.6) is 0 Å². The van der Waals surface area contributed by atoms with Gasteiger partial charge in [-0.2, -0.15) is 26.3 Å². The molecule has 17 heavy (non-hydrogen) atoms. The molecular formula is C9H4BrClF6. The third kappa shape index (κ3) is 3.28. The molecule has 0 heterocycles. The van der Waals surface area contributed by atoms with Crippen molar-refractivity contribution in [3.8, 4) is 0 Å². The fraction of sp³-hybridized carbons (Fsp3) is 0.333. The highest BCUT2D eigenvalue weighted by Gasteiger charge is 2.39.